The van der Waals surface area contributed by atoms with Gasteiger partial charge in [0.2, 0.25) is 11.4 Å². The molecule has 21 aromatic rings. The summed E-state index contributed by atoms with van der Waals surface area (Å²) < 4.78 is 18.2. The molecule has 2 radical (unpaired) electrons. The summed E-state index contributed by atoms with van der Waals surface area (Å²) in [6.07, 6.45) is 6.48. The summed E-state index contributed by atoms with van der Waals surface area (Å²) in [5, 5.41) is 9.56. The third-order valence-electron chi connectivity index (χ3n) is 26.6. The Morgan fingerprint density at radius 2 is 0.743 bits per heavy atom. The van der Waals surface area contributed by atoms with Gasteiger partial charge >= 0.3 is 0 Å². The van der Waals surface area contributed by atoms with Crippen LogP contribution in [-0.4, -0.2) is 55.2 Å². The first-order valence-corrected chi connectivity index (χ1v) is 55.7. The minimum absolute atomic E-state index is 0. The van der Waals surface area contributed by atoms with Crippen LogP contribution in [-0.2, 0) is 53.1 Å². The third kappa shape index (κ3) is 20.4. The fourth-order valence-electron chi connectivity index (χ4n) is 20.0. The fourth-order valence-corrected chi connectivity index (χ4v) is 23.2. The number of fused-ring (bicyclic) bond motifs is 9. The second kappa shape index (κ2) is 41.8. The maximum Gasteiger partial charge on any atom is 0.216 e. The Morgan fingerprint density at radius 1 is 0.336 bits per heavy atom. The Labute approximate surface area is 855 Å². The molecule has 0 N–H and O–H groups in total. The topological polar surface area (TPSA) is 113 Å². The molecule has 0 amide bonds. The van der Waals surface area contributed by atoms with Gasteiger partial charge in [0.25, 0.3) is 0 Å². The summed E-state index contributed by atoms with van der Waals surface area (Å²) in [5.74, 6) is 3.44. The van der Waals surface area contributed by atoms with Crippen LogP contribution in [0.5, 0.6) is 0 Å². The van der Waals surface area contributed by atoms with Crippen molar-refractivity contribution in [1.82, 2.24) is 39.0 Å². The van der Waals surface area contributed by atoms with Gasteiger partial charge in [0.15, 0.2) is 0 Å². The number of furan rings is 2. The van der Waals surface area contributed by atoms with Crippen molar-refractivity contribution < 1.29 is 49.0 Å². The number of para-hydroxylation sites is 4. The van der Waals surface area contributed by atoms with E-state index in [4.69, 9.17) is 28.8 Å². The Balaban J connectivity index is 0.000000146. The molecular formula is C126H122Ir2N8O2Si2-4. The van der Waals surface area contributed by atoms with Crippen LogP contribution in [0.1, 0.15) is 134 Å². The number of hydrogen-bond acceptors (Lipinski definition) is 8. The average Bonchev–Trinajstić information content (AvgIpc) is 1.59. The van der Waals surface area contributed by atoms with Crippen LogP contribution in [0.3, 0.4) is 0 Å². The first-order chi connectivity index (χ1) is 66.3. The van der Waals surface area contributed by atoms with E-state index in [0.717, 1.165) is 152 Å². The van der Waals surface area contributed by atoms with Gasteiger partial charge in [-0.3, -0.25) is 9.97 Å². The van der Waals surface area contributed by atoms with Gasteiger partial charge in [0.1, 0.15) is 0 Å². The average molecular weight is 2220 g/mol. The Kier molecular flexibility index (Phi) is 29.9. The van der Waals surface area contributed by atoms with Crippen molar-refractivity contribution in [2.45, 2.75) is 175 Å². The summed E-state index contributed by atoms with van der Waals surface area (Å²) in [6.45, 7) is 49.8. The van der Waals surface area contributed by atoms with Crippen LogP contribution < -0.4 is 10.4 Å². The van der Waals surface area contributed by atoms with E-state index >= 15 is 0 Å². The molecule has 10 nitrogen and oxygen atoms in total. The van der Waals surface area contributed by atoms with E-state index in [9.17, 15) is 0 Å². The molecular weight excluding hydrogens is 2100 g/mol. The Bertz CT molecular complexity index is 7950. The van der Waals surface area contributed by atoms with Crippen molar-refractivity contribution in [3.63, 3.8) is 0 Å². The molecule has 0 fully saturated rings. The minimum Gasteiger partial charge on any atom is -0.486 e. The number of imidazole rings is 2. The monoisotopic (exact) mass is 2220 g/mol. The van der Waals surface area contributed by atoms with Crippen molar-refractivity contribution in [3.8, 4) is 101 Å². The molecule has 8 heterocycles. The predicted octanol–water partition coefficient (Wildman–Crippen LogP) is 32.7. The Hall–Kier alpha value is -13.0. The zero-order valence-corrected chi connectivity index (χ0v) is 91.3. The van der Waals surface area contributed by atoms with E-state index in [2.05, 4.69) is 436 Å². The number of aromatic nitrogens is 8. The second-order valence-electron chi connectivity index (χ2n) is 40.9. The van der Waals surface area contributed by atoms with Crippen molar-refractivity contribution in [2.75, 3.05) is 0 Å². The van der Waals surface area contributed by atoms with Gasteiger partial charge in [0.05, 0.1) is 72.4 Å². The normalized spacial score (nSPS) is 11.7. The maximum atomic E-state index is 6.82. The van der Waals surface area contributed by atoms with E-state index in [0.29, 0.717) is 23.3 Å². The molecule has 0 aliphatic carbocycles. The minimum atomic E-state index is -1.34. The van der Waals surface area contributed by atoms with Gasteiger partial charge in [-0.05, 0) is 256 Å². The molecule has 0 saturated carbocycles. The number of hydrogen-bond donors (Lipinski definition) is 0. The molecule has 0 spiro atoms. The van der Waals surface area contributed by atoms with Gasteiger partial charge in [-0.2, -0.15) is 0 Å². The second-order valence-corrected chi connectivity index (χ2v) is 50.9. The van der Waals surface area contributed by atoms with E-state index in [-0.39, 0.29) is 52.0 Å². The maximum absolute atomic E-state index is 6.82. The summed E-state index contributed by atoms with van der Waals surface area (Å²) in [7, 11) is -2.68. The van der Waals surface area contributed by atoms with Gasteiger partial charge in [0, 0.05) is 85.9 Å². The smallest absolute Gasteiger partial charge is 0.216 e. The third-order valence-corrected chi connectivity index (χ3v) is 30.8. The van der Waals surface area contributed by atoms with Gasteiger partial charge in [-0.15, -0.1) is 107 Å². The van der Waals surface area contributed by atoms with Crippen LogP contribution in [0.15, 0.2) is 300 Å². The molecule has 708 valence electrons. The van der Waals surface area contributed by atoms with E-state index in [1.54, 1.807) is 0 Å². The molecule has 140 heavy (non-hydrogen) atoms. The van der Waals surface area contributed by atoms with E-state index in [1.807, 2.05) is 48.5 Å². The standard InChI is InChI=1S/C49H42N3O.C41H32N3O.2C18H24NSi.2Ir/c1-28(2)39-26-36(35-21-20-33-15-8-9-16-34(33)25-35)27-40(29(3)4)46(39)52-43-18-11-10-17-41(43)50-48(52)38-22-19-32(7)45-37-23-24-42(51-49(37)53-47(38)45)44-30(5)13-12-14-31(44)6;1-24-12-11-13-25(2)36(24)34-21-20-31-37-26(3)18-19-32(39(37)45-41(31)43-34)40-42-33-16-9-10-17-35(33)44(40)38-27(4)22-30(23-28(38)5)29-14-7-6-8-15-29;2*1-14(2)11-16-12-17(15-9-7-6-8-10-15)19-13-18(16)20(3,4)5;;/h8-21,23-29H,1-7H3;6-18,20-23H,1-5H3;2*6-9,12-14H,11H2,1-5H3;;/q4*-1;;. The van der Waals surface area contributed by atoms with Gasteiger partial charge in [-0.1, -0.05) is 281 Å². The van der Waals surface area contributed by atoms with Crippen LogP contribution in [0.2, 0.25) is 39.3 Å². The van der Waals surface area contributed by atoms with Crippen molar-refractivity contribution >= 4 is 103 Å². The number of pyridine rings is 4. The number of nitrogens with zero attached hydrogens (tertiary/aromatic N) is 8. The molecule has 0 saturated heterocycles. The summed E-state index contributed by atoms with van der Waals surface area (Å²) in [5.41, 5.74) is 38.7. The van der Waals surface area contributed by atoms with Crippen molar-refractivity contribution in [2.24, 2.45) is 11.8 Å². The zero-order valence-electron chi connectivity index (χ0n) is 84.5. The van der Waals surface area contributed by atoms with Crippen molar-refractivity contribution in [3.05, 3.63) is 382 Å². The molecule has 0 bridgehead atoms. The molecule has 0 aliphatic rings. The quantitative estimate of drug-likeness (QED) is 0.0617. The molecule has 0 atom stereocenters. The fraction of sp³-hybridized carbons (Fsp3) is 0.222. The summed E-state index contributed by atoms with van der Waals surface area (Å²) in [6, 6.07) is 112. The van der Waals surface area contributed by atoms with Crippen LogP contribution in [0.4, 0.5) is 0 Å². The molecule has 21 rings (SSSR count). The largest absolute Gasteiger partial charge is 0.486 e. The van der Waals surface area contributed by atoms with Gasteiger partial charge < -0.3 is 27.9 Å². The molecule has 0 aliphatic heterocycles. The number of rotatable bonds is 18. The Morgan fingerprint density at radius 3 is 1.16 bits per heavy atom. The first-order valence-electron chi connectivity index (χ1n) is 48.7. The molecule has 13 aromatic carbocycles. The summed E-state index contributed by atoms with van der Waals surface area (Å²) in [4.78, 5) is 30.1. The predicted molar refractivity (Wildman–Crippen MR) is 586 cm³/mol. The number of benzene rings is 13. The molecule has 0 unspecified atom stereocenters. The zero-order chi connectivity index (χ0) is 96.9. The van der Waals surface area contributed by atoms with Crippen LogP contribution in [0, 0.1) is 91.5 Å². The molecule has 8 aromatic heterocycles. The summed E-state index contributed by atoms with van der Waals surface area (Å²) >= 11 is 0. The van der Waals surface area contributed by atoms with E-state index in [1.165, 1.54) is 105 Å². The SMILES string of the molecule is CC(C)Cc1cc(-c2[c-]cccc2)ncc1[Si](C)(C)C.CC(C)Cc1cc(-c2[c-]cccc2)ncc1[Si](C)(C)C.Cc1cccc(C)c1-c1ccc2c(n1)oc1c(-c3nc4ccccc4n3-c3c(C(C)C)cc(-c4ccc5ccccc5c4)cc3C(C)C)[c-]cc(C)c12.Cc1cccc(C)c1-c1ccc2c(n1)oc1c(-c3nc4ccccc4n3-c3c(C)cc(-c4ccccc4)cc3C)[c-]cc(C)c12.[Ir].[Ir]. The molecule has 14 heteroatoms. The van der Waals surface area contributed by atoms with E-state index < -0.39 is 16.1 Å². The van der Waals surface area contributed by atoms with Crippen LogP contribution in [0.25, 0.3) is 178 Å². The first kappa shape index (κ1) is 100.0. The number of aryl methyl sites for hydroxylation is 8. The van der Waals surface area contributed by atoms with Crippen molar-refractivity contribution in [1.29, 1.82) is 0 Å². The van der Waals surface area contributed by atoms with Crippen LogP contribution >= 0.6 is 0 Å². The van der Waals surface area contributed by atoms with Gasteiger partial charge in [-0.25, -0.2) is 9.97 Å².